The van der Waals surface area contributed by atoms with Gasteiger partial charge in [0.05, 0.1) is 17.7 Å². The van der Waals surface area contributed by atoms with Crippen LogP contribution in [0.3, 0.4) is 0 Å². The maximum Gasteiger partial charge on any atom is 0.223 e. The van der Waals surface area contributed by atoms with Crippen LogP contribution in [0.5, 0.6) is 0 Å². The van der Waals surface area contributed by atoms with Crippen molar-refractivity contribution in [2.24, 2.45) is 5.92 Å². The minimum absolute atomic E-state index is 0.0422. The summed E-state index contributed by atoms with van der Waals surface area (Å²) in [6, 6.07) is 9.66. The second-order valence-corrected chi connectivity index (χ2v) is 5.56. The fraction of sp³-hybridized carbons (Fsp3) is 0.444. The van der Waals surface area contributed by atoms with E-state index >= 15 is 0 Å². The highest BCUT2D eigenvalue weighted by molar-refractivity contribution is 5.77. The Kier molecular flexibility index (Phi) is 5.16. The van der Waals surface area contributed by atoms with Crippen molar-refractivity contribution in [1.82, 2.24) is 4.90 Å². The van der Waals surface area contributed by atoms with Gasteiger partial charge < -0.3 is 4.90 Å². The monoisotopic (exact) mass is 282 g/mol. The minimum atomic E-state index is 0.0422. The summed E-state index contributed by atoms with van der Waals surface area (Å²) in [7, 11) is 0. The first-order valence-corrected chi connectivity index (χ1v) is 7.62. The van der Waals surface area contributed by atoms with Crippen LogP contribution in [0.1, 0.15) is 50.3 Å². The Morgan fingerprint density at radius 2 is 2.14 bits per heavy atom. The molecular formula is C18H22N2O. The minimum Gasteiger partial charge on any atom is -0.336 e. The molecule has 3 heteroatoms. The number of amides is 1. The average molecular weight is 282 g/mol. The molecule has 1 aromatic rings. The molecule has 0 heterocycles. The second-order valence-electron chi connectivity index (χ2n) is 5.56. The largest absolute Gasteiger partial charge is 0.336 e. The Labute approximate surface area is 126 Å². The Hall–Kier alpha value is -2.08. The molecule has 2 rings (SSSR count). The second kappa shape index (κ2) is 7.08. The lowest BCUT2D eigenvalue weighted by molar-refractivity contribution is -0.133. The molecule has 1 aliphatic rings. The predicted molar refractivity (Wildman–Crippen MR) is 83.4 cm³/mol. The van der Waals surface area contributed by atoms with Gasteiger partial charge in [-0.3, -0.25) is 4.79 Å². The maximum absolute atomic E-state index is 12.5. The Morgan fingerprint density at radius 3 is 2.67 bits per heavy atom. The zero-order valence-electron chi connectivity index (χ0n) is 12.7. The van der Waals surface area contributed by atoms with Crippen LogP contribution in [0, 0.1) is 17.2 Å². The van der Waals surface area contributed by atoms with Gasteiger partial charge in [-0.1, -0.05) is 24.3 Å². The van der Waals surface area contributed by atoms with Crippen molar-refractivity contribution in [3.63, 3.8) is 0 Å². The van der Waals surface area contributed by atoms with E-state index in [0.29, 0.717) is 24.4 Å². The zero-order chi connectivity index (χ0) is 15.2. The number of allylic oxidation sites excluding steroid dienone is 2. The van der Waals surface area contributed by atoms with Crippen LogP contribution < -0.4 is 0 Å². The van der Waals surface area contributed by atoms with Crippen LogP contribution in [0.4, 0.5) is 0 Å². The van der Waals surface area contributed by atoms with E-state index in [-0.39, 0.29) is 11.9 Å². The Morgan fingerprint density at radius 1 is 1.43 bits per heavy atom. The fourth-order valence-electron chi connectivity index (χ4n) is 2.89. The van der Waals surface area contributed by atoms with Crippen molar-refractivity contribution >= 4 is 5.91 Å². The molecule has 21 heavy (non-hydrogen) atoms. The lowest BCUT2D eigenvalue weighted by atomic mass is 10.0. The van der Waals surface area contributed by atoms with Crippen LogP contribution in [0.15, 0.2) is 36.4 Å². The van der Waals surface area contributed by atoms with Crippen molar-refractivity contribution in [2.45, 2.75) is 39.2 Å². The fourth-order valence-corrected chi connectivity index (χ4v) is 2.89. The molecule has 1 amide bonds. The van der Waals surface area contributed by atoms with E-state index in [1.807, 2.05) is 43.0 Å². The van der Waals surface area contributed by atoms with Gasteiger partial charge >= 0.3 is 0 Å². The molecule has 0 fully saturated rings. The molecule has 110 valence electrons. The smallest absolute Gasteiger partial charge is 0.223 e. The molecule has 0 bridgehead atoms. The van der Waals surface area contributed by atoms with Crippen molar-refractivity contribution in [2.75, 3.05) is 6.54 Å². The van der Waals surface area contributed by atoms with Crippen LogP contribution in [0.25, 0.3) is 0 Å². The first-order chi connectivity index (χ1) is 10.2. The molecule has 2 unspecified atom stereocenters. The predicted octanol–water partition coefficient (Wildman–Crippen LogP) is 3.82. The summed E-state index contributed by atoms with van der Waals surface area (Å²) in [6.07, 6.45) is 7.12. The highest BCUT2D eigenvalue weighted by atomic mass is 16.2. The van der Waals surface area contributed by atoms with Crippen LogP contribution in [-0.2, 0) is 4.79 Å². The average Bonchev–Trinajstić information content (AvgIpc) is 3.01. The lowest BCUT2D eigenvalue weighted by Gasteiger charge is -2.29. The van der Waals surface area contributed by atoms with E-state index in [1.165, 1.54) is 0 Å². The number of nitrogens with zero attached hydrogens (tertiary/aromatic N) is 2. The number of rotatable bonds is 5. The molecule has 2 atom stereocenters. The summed E-state index contributed by atoms with van der Waals surface area (Å²) in [5, 5.41) is 8.85. The molecule has 0 saturated carbocycles. The van der Waals surface area contributed by atoms with Gasteiger partial charge in [-0.15, -0.1) is 0 Å². The number of carbonyl (C=O) groups excluding carboxylic acids is 1. The van der Waals surface area contributed by atoms with Gasteiger partial charge in [0, 0.05) is 13.0 Å². The van der Waals surface area contributed by atoms with Gasteiger partial charge in [0.1, 0.15) is 0 Å². The van der Waals surface area contributed by atoms with E-state index in [2.05, 4.69) is 18.2 Å². The number of benzene rings is 1. The molecule has 1 aliphatic carbocycles. The van der Waals surface area contributed by atoms with Crippen LogP contribution >= 0.6 is 0 Å². The van der Waals surface area contributed by atoms with Gasteiger partial charge in [0.15, 0.2) is 0 Å². The third-order valence-electron chi connectivity index (χ3n) is 4.20. The van der Waals surface area contributed by atoms with Crippen LogP contribution in [-0.4, -0.2) is 17.4 Å². The zero-order valence-corrected chi connectivity index (χ0v) is 12.7. The summed E-state index contributed by atoms with van der Waals surface area (Å²) >= 11 is 0. The quantitative estimate of drug-likeness (QED) is 0.770. The molecule has 0 saturated heterocycles. The van der Waals surface area contributed by atoms with Gasteiger partial charge in [0.25, 0.3) is 0 Å². The normalized spacial score (nSPS) is 18.2. The topological polar surface area (TPSA) is 44.1 Å². The molecule has 3 nitrogen and oxygen atoms in total. The number of hydrogen-bond acceptors (Lipinski definition) is 2. The standard InChI is InChI=1S/C18H22N2O/c1-3-20(18(21)12-15-6-4-5-7-15)14(2)17-10-8-16(13-19)9-11-17/h4,6,8-11,14-15H,3,5,7,12H2,1-2H3. The number of nitriles is 1. The SMILES string of the molecule is CCN(C(=O)CC1C=CCC1)C(C)c1ccc(C#N)cc1. The first kappa shape index (κ1) is 15.3. The van der Waals surface area contributed by atoms with Gasteiger partial charge in [-0.25, -0.2) is 0 Å². The Balaban J connectivity index is 2.05. The molecule has 0 radical (unpaired) electrons. The van der Waals surface area contributed by atoms with Gasteiger partial charge in [0.2, 0.25) is 5.91 Å². The molecular weight excluding hydrogens is 260 g/mol. The van der Waals surface area contributed by atoms with Gasteiger partial charge in [-0.05, 0) is 50.3 Å². The number of hydrogen-bond donors (Lipinski definition) is 0. The molecule has 0 aliphatic heterocycles. The van der Waals surface area contributed by atoms with E-state index in [9.17, 15) is 4.79 Å². The summed E-state index contributed by atoms with van der Waals surface area (Å²) in [6.45, 7) is 4.77. The van der Waals surface area contributed by atoms with Crippen molar-refractivity contribution < 1.29 is 4.79 Å². The van der Waals surface area contributed by atoms with Crippen molar-refractivity contribution in [3.8, 4) is 6.07 Å². The highest BCUT2D eigenvalue weighted by Gasteiger charge is 2.23. The van der Waals surface area contributed by atoms with E-state index in [4.69, 9.17) is 5.26 Å². The summed E-state index contributed by atoms with van der Waals surface area (Å²) in [4.78, 5) is 14.4. The van der Waals surface area contributed by atoms with Crippen LogP contribution in [0.2, 0.25) is 0 Å². The van der Waals surface area contributed by atoms with Crippen molar-refractivity contribution in [1.29, 1.82) is 5.26 Å². The maximum atomic E-state index is 12.5. The van der Waals surface area contributed by atoms with E-state index < -0.39 is 0 Å². The highest BCUT2D eigenvalue weighted by Crippen LogP contribution is 2.25. The molecule has 1 aromatic carbocycles. The molecule has 0 N–H and O–H groups in total. The summed E-state index contributed by atoms with van der Waals surface area (Å²) < 4.78 is 0. The van der Waals surface area contributed by atoms with E-state index in [1.54, 1.807) is 0 Å². The first-order valence-electron chi connectivity index (χ1n) is 7.62. The Bertz CT molecular complexity index is 554. The molecule has 0 spiro atoms. The third-order valence-corrected chi connectivity index (χ3v) is 4.20. The summed E-state index contributed by atoms with van der Waals surface area (Å²) in [5.41, 5.74) is 1.72. The summed E-state index contributed by atoms with van der Waals surface area (Å²) in [5.74, 6) is 0.616. The lowest BCUT2D eigenvalue weighted by Crippen LogP contribution is -2.34. The number of carbonyl (C=O) groups is 1. The van der Waals surface area contributed by atoms with Gasteiger partial charge in [-0.2, -0.15) is 5.26 Å². The molecule has 0 aromatic heterocycles. The third kappa shape index (κ3) is 3.72. The van der Waals surface area contributed by atoms with Crippen molar-refractivity contribution in [3.05, 3.63) is 47.5 Å². The van der Waals surface area contributed by atoms with E-state index in [0.717, 1.165) is 18.4 Å².